The molecule has 0 unspecified atom stereocenters. The molecule has 0 aromatic heterocycles. The largest absolute Gasteiger partial charge is 0.326 e. The van der Waals surface area contributed by atoms with Crippen LogP contribution in [0.2, 0.25) is 0 Å². The van der Waals surface area contributed by atoms with E-state index >= 15 is 0 Å². The summed E-state index contributed by atoms with van der Waals surface area (Å²) < 4.78 is 1.08. The quantitative estimate of drug-likeness (QED) is 0.911. The molecular weight excluding hydrogens is 294 g/mol. The first-order valence-corrected chi connectivity index (χ1v) is 7.03. The van der Waals surface area contributed by atoms with Crippen molar-refractivity contribution < 1.29 is 0 Å². The van der Waals surface area contributed by atoms with Gasteiger partial charge in [0.25, 0.3) is 0 Å². The molecule has 2 aromatic carbocycles. The Morgan fingerprint density at radius 2 is 1.88 bits per heavy atom. The summed E-state index contributed by atoms with van der Waals surface area (Å²) in [5, 5.41) is 0. The Morgan fingerprint density at radius 3 is 2.59 bits per heavy atom. The molecule has 88 valence electrons. The van der Waals surface area contributed by atoms with Crippen LogP contribution in [0.5, 0.6) is 0 Å². The maximum absolute atomic E-state index is 5.78. The van der Waals surface area contributed by atoms with Gasteiger partial charge in [-0.3, -0.25) is 0 Å². The van der Waals surface area contributed by atoms with E-state index in [1.54, 1.807) is 11.8 Å². The van der Waals surface area contributed by atoms with Gasteiger partial charge in [0, 0.05) is 20.8 Å². The molecule has 0 aliphatic rings. The highest BCUT2D eigenvalue weighted by Crippen LogP contribution is 2.33. The average molecular weight is 308 g/mol. The molecule has 0 radical (unpaired) electrons. The lowest BCUT2D eigenvalue weighted by molar-refractivity contribution is 1.02. The third kappa shape index (κ3) is 3.12. The number of aryl methyl sites for hydroxylation is 1. The lowest BCUT2D eigenvalue weighted by atomic mass is 10.2. The Labute approximate surface area is 115 Å². The summed E-state index contributed by atoms with van der Waals surface area (Å²) >= 11 is 5.25. The molecule has 0 heterocycles. The highest BCUT2D eigenvalue weighted by Gasteiger charge is 2.05. The SMILES string of the molecule is Cc1ccccc1Sc1ccc(Br)cc1CN. The van der Waals surface area contributed by atoms with Crippen LogP contribution in [0.3, 0.4) is 0 Å². The molecule has 0 aliphatic heterocycles. The van der Waals surface area contributed by atoms with Crippen LogP contribution in [0.25, 0.3) is 0 Å². The van der Waals surface area contributed by atoms with E-state index in [1.807, 2.05) is 0 Å². The molecule has 2 aromatic rings. The van der Waals surface area contributed by atoms with Gasteiger partial charge in [-0.25, -0.2) is 0 Å². The summed E-state index contributed by atoms with van der Waals surface area (Å²) in [6.07, 6.45) is 0. The third-order valence-electron chi connectivity index (χ3n) is 2.56. The summed E-state index contributed by atoms with van der Waals surface area (Å²) in [5.41, 5.74) is 8.25. The van der Waals surface area contributed by atoms with Gasteiger partial charge in [-0.05, 0) is 42.3 Å². The lowest BCUT2D eigenvalue weighted by Gasteiger charge is -2.09. The molecule has 2 rings (SSSR count). The van der Waals surface area contributed by atoms with Crippen molar-refractivity contribution in [1.29, 1.82) is 0 Å². The maximum atomic E-state index is 5.78. The van der Waals surface area contributed by atoms with Crippen LogP contribution in [0.4, 0.5) is 0 Å². The smallest absolute Gasteiger partial charge is 0.0189 e. The number of hydrogen-bond donors (Lipinski definition) is 1. The van der Waals surface area contributed by atoms with E-state index in [0.29, 0.717) is 6.54 Å². The van der Waals surface area contributed by atoms with Crippen molar-refractivity contribution in [3.63, 3.8) is 0 Å². The van der Waals surface area contributed by atoms with Crippen LogP contribution >= 0.6 is 27.7 Å². The Kier molecular flexibility index (Phi) is 4.26. The van der Waals surface area contributed by atoms with Gasteiger partial charge in [0.05, 0.1) is 0 Å². The van der Waals surface area contributed by atoms with E-state index in [4.69, 9.17) is 5.73 Å². The highest BCUT2D eigenvalue weighted by atomic mass is 79.9. The normalized spacial score (nSPS) is 10.5. The molecule has 0 bridgehead atoms. The molecule has 0 saturated heterocycles. The first kappa shape index (κ1) is 12.7. The zero-order valence-electron chi connectivity index (χ0n) is 9.61. The van der Waals surface area contributed by atoms with Gasteiger partial charge in [-0.2, -0.15) is 0 Å². The second-order valence-corrected chi connectivity index (χ2v) is 5.82. The Balaban J connectivity index is 2.33. The molecular formula is C14H14BrNS. The number of rotatable bonds is 3. The first-order chi connectivity index (χ1) is 8.20. The van der Waals surface area contributed by atoms with Crippen LogP contribution in [0, 0.1) is 6.92 Å². The van der Waals surface area contributed by atoms with Gasteiger partial charge in [-0.1, -0.05) is 45.9 Å². The minimum Gasteiger partial charge on any atom is -0.326 e. The second kappa shape index (κ2) is 5.71. The third-order valence-corrected chi connectivity index (χ3v) is 4.35. The predicted octanol–water partition coefficient (Wildman–Crippen LogP) is 4.37. The molecule has 1 nitrogen and oxygen atoms in total. The summed E-state index contributed by atoms with van der Waals surface area (Å²) in [5.74, 6) is 0. The van der Waals surface area contributed by atoms with E-state index in [0.717, 1.165) is 4.47 Å². The van der Waals surface area contributed by atoms with Crippen molar-refractivity contribution in [2.75, 3.05) is 0 Å². The van der Waals surface area contributed by atoms with E-state index in [2.05, 4.69) is 65.3 Å². The Hall–Kier alpha value is -0.770. The molecule has 2 N–H and O–H groups in total. The summed E-state index contributed by atoms with van der Waals surface area (Å²) in [4.78, 5) is 2.51. The number of nitrogens with two attached hydrogens (primary N) is 1. The summed E-state index contributed by atoms with van der Waals surface area (Å²) in [6, 6.07) is 14.6. The van der Waals surface area contributed by atoms with Crippen LogP contribution in [0.1, 0.15) is 11.1 Å². The van der Waals surface area contributed by atoms with Crippen molar-refractivity contribution in [2.24, 2.45) is 5.73 Å². The monoisotopic (exact) mass is 307 g/mol. The van der Waals surface area contributed by atoms with Gasteiger partial charge in [0.2, 0.25) is 0 Å². The van der Waals surface area contributed by atoms with Crippen LogP contribution in [-0.2, 0) is 6.54 Å². The summed E-state index contributed by atoms with van der Waals surface area (Å²) in [7, 11) is 0. The van der Waals surface area contributed by atoms with Crippen molar-refractivity contribution in [3.05, 3.63) is 58.1 Å². The van der Waals surface area contributed by atoms with Crippen molar-refractivity contribution in [3.8, 4) is 0 Å². The zero-order valence-corrected chi connectivity index (χ0v) is 12.0. The second-order valence-electron chi connectivity index (χ2n) is 3.82. The van der Waals surface area contributed by atoms with E-state index < -0.39 is 0 Å². The topological polar surface area (TPSA) is 26.0 Å². The van der Waals surface area contributed by atoms with Gasteiger partial charge < -0.3 is 5.73 Å². The van der Waals surface area contributed by atoms with Crippen molar-refractivity contribution in [2.45, 2.75) is 23.3 Å². The average Bonchev–Trinajstić information content (AvgIpc) is 2.34. The standard InChI is InChI=1S/C14H14BrNS/c1-10-4-2-3-5-13(10)17-14-7-6-12(15)8-11(14)9-16/h2-8H,9,16H2,1H3. The highest BCUT2D eigenvalue weighted by molar-refractivity contribution is 9.10. The van der Waals surface area contributed by atoms with E-state index in [1.165, 1.54) is 20.9 Å². The molecule has 17 heavy (non-hydrogen) atoms. The van der Waals surface area contributed by atoms with Crippen LogP contribution in [0.15, 0.2) is 56.7 Å². The molecule has 0 spiro atoms. The number of hydrogen-bond acceptors (Lipinski definition) is 2. The van der Waals surface area contributed by atoms with E-state index in [9.17, 15) is 0 Å². The molecule has 0 atom stereocenters. The number of benzene rings is 2. The molecule has 0 aliphatic carbocycles. The first-order valence-electron chi connectivity index (χ1n) is 5.42. The molecule has 0 amide bonds. The fourth-order valence-corrected chi connectivity index (χ4v) is 3.03. The predicted molar refractivity (Wildman–Crippen MR) is 77.3 cm³/mol. The minimum absolute atomic E-state index is 0.563. The molecule has 3 heteroatoms. The number of halogens is 1. The van der Waals surface area contributed by atoms with Crippen molar-refractivity contribution >= 4 is 27.7 Å². The summed E-state index contributed by atoms with van der Waals surface area (Å²) in [6.45, 7) is 2.69. The minimum atomic E-state index is 0.563. The fraction of sp³-hybridized carbons (Fsp3) is 0.143. The molecule has 0 saturated carbocycles. The Morgan fingerprint density at radius 1 is 1.12 bits per heavy atom. The van der Waals surface area contributed by atoms with Gasteiger partial charge in [-0.15, -0.1) is 0 Å². The van der Waals surface area contributed by atoms with Gasteiger partial charge in [0.15, 0.2) is 0 Å². The fourth-order valence-electron chi connectivity index (χ4n) is 1.60. The van der Waals surface area contributed by atoms with Crippen molar-refractivity contribution in [1.82, 2.24) is 0 Å². The zero-order chi connectivity index (χ0) is 12.3. The van der Waals surface area contributed by atoms with Crippen LogP contribution in [-0.4, -0.2) is 0 Å². The molecule has 0 fully saturated rings. The van der Waals surface area contributed by atoms with Crippen LogP contribution < -0.4 is 5.73 Å². The lowest BCUT2D eigenvalue weighted by Crippen LogP contribution is -1.98. The van der Waals surface area contributed by atoms with Gasteiger partial charge in [0.1, 0.15) is 0 Å². The van der Waals surface area contributed by atoms with Gasteiger partial charge >= 0.3 is 0 Å². The van der Waals surface area contributed by atoms with E-state index in [-0.39, 0.29) is 0 Å². The Bertz CT molecular complexity index is 525. The maximum Gasteiger partial charge on any atom is 0.0189 e.